The number of hydrogen-bond acceptors (Lipinski definition) is 7. The predicted octanol–water partition coefficient (Wildman–Crippen LogP) is 1.30. The summed E-state index contributed by atoms with van der Waals surface area (Å²) in [7, 11) is 4.20. The molecule has 1 fully saturated rings. The van der Waals surface area contributed by atoms with E-state index >= 15 is 0 Å². The Morgan fingerprint density at radius 1 is 1.42 bits per heavy atom. The number of likely N-dealkylation sites (N-methyl/N-ethyl adjacent to an activating group) is 2. The molecule has 0 radical (unpaired) electrons. The van der Waals surface area contributed by atoms with Crippen LogP contribution in [0.25, 0.3) is 10.8 Å². The fourth-order valence-corrected chi connectivity index (χ4v) is 2.98. The summed E-state index contributed by atoms with van der Waals surface area (Å²) >= 11 is 1.52. The Morgan fingerprint density at radius 3 is 3.00 bits per heavy atom. The monoisotopic (exact) mass is 279 g/mol. The van der Waals surface area contributed by atoms with Crippen LogP contribution in [-0.4, -0.2) is 53.7 Å². The fourth-order valence-electron chi connectivity index (χ4n) is 2.24. The van der Waals surface area contributed by atoms with Crippen molar-refractivity contribution in [2.75, 3.05) is 39.5 Å². The van der Waals surface area contributed by atoms with Gasteiger partial charge in [0, 0.05) is 19.6 Å². The molecule has 1 aliphatic heterocycles. The van der Waals surface area contributed by atoms with Crippen LogP contribution in [0.5, 0.6) is 0 Å². The third-order valence-corrected chi connectivity index (χ3v) is 4.40. The summed E-state index contributed by atoms with van der Waals surface area (Å²) in [6, 6.07) is 2.03. The van der Waals surface area contributed by atoms with Gasteiger partial charge in [0.1, 0.15) is 4.88 Å². The summed E-state index contributed by atoms with van der Waals surface area (Å²) in [5.74, 6) is 1.25. The van der Waals surface area contributed by atoms with Crippen LogP contribution in [0.15, 0.2) is 16.0 Å². The van der Waals surface area contributed by atoms with E-state index < -0.39 is 0 Å². The zero-order valence-electron chi connectivity index (χ0n) is 11.0. The minimum atomic E-state index is 0.178. The number of thiophene rings is 1. The Bertz CT molecular complexity index is 566. The van der Waals surface area contributed by atoms with Crippen LogP contribution in [0.4, 0.5) is 5.69 Å². The topological polar surface area (TPSA) is 71.4 Å². The van der Waals surface area contributed by atoms with Gasteiger partial charge >= 0.3 is 0 Å². The highest BCUT2D eigenvalue weighted by Gasteiger charge is 2.28. The first kappa shape index (κ1) is 12.6. The van der Waals surface area contributed by atoms with Crippen molar-refractivity contribution in [2.45, 2.75) is 6.04 Å². The number of piperazine rings is 1. The molecule has 102 valence electrons. The van der Waals surface area contributed by atoms with Gasteiger partial charge in [0.05, 0.1) is 11.7 Å². The number of anilines is 1. The summed E-state index contributed by atoms with van der Waals surface area (Å²) in [6.07, 6.45) is 0. The highest BCUT2D eigenvalue weighted by molar-refractivity contribution is 7.14. The van der Waals surface area contributed by atoms with Crippen molar-refractivity contribution < 1.29 is 4.52 Å². The minimum absolute atomic E-state index is 0.178. The molecule has 0 bridgehead atoms. The second kappa shape index (κ2) is 4.92. The molecule has 1 saturated heterocycles. The lowest BCUT2D eigenvalue weighted by Crippen LogP contribution is -2.45. The Kier molecular flexibility index (Phi) is 3.26. The van der Waals surface area contributed by atoms with Gasteiger partial charge < -0.3 is 15.2 Å². The van der Waals surface area contributed by atoms with Crippen LogP contribution in [0.1, 0.15) is 11.9 Å². The summed E-state index contributed by atoms with van der Waals surface area (Å²) in [6.45, 7) is 2.98. The SMILES string of the molecule is CN1CCN(C)C(c2noc(-c3sccc3N)n2)C1. The van der Waals surface area contributed by atoms with Gasteiger partial charge in [-0.3, -0.25) is 4.90 Å². The maximum atomic E-state index is 5.87. The minimum Gasteiger partial charge on any atom is -0.397 e. The summed E-state index contributed by atoms with van der Waals surface area (Å²) in [5.41, 5.74) is 6.56. The van der Waals surface area contributed by atoms with Gasteiger partial charge in [-0.2, -0.15) is 4.98 Å². The molecule has 0 spiro atoms. The van der Waals surface area contributed by atoms with E-state index in [-0.39, 0.29) is 6.04 Å². The molecule has 2 aromatic heterocycles. The van der Waals surface area contributed by atoms with Gasteiger partial charge in [0.2, 0.25) is 0 Å². The molecule has 0 aliphatic carbocycles. The molecule has 0 saturated carbocycles. The van der Waals surface area contributed by atoms with Crippen molar-refractivity contribution in [1.29, 1.82) is 0 Å². The van der Waals surface area contributed by atoms with Gasteiger partial charge in [-0.1, -0.05) is 5.16 Å². The highest BCUT2D eigenvalue weighted by atomic mass is 32.1. The first-order valence-electron chi connectivity index (χ1n) is 6.21. The fraction of sp³-hybridized carbons (Fsp3) is 0.500. The number of aromatic nitrogens is 2. The van der Waals surface area contributed by atoms with E-state index in [1.54, 1.807) is 0 Å². The number of hydrogen-bond donors (Lipinski definition) is 1. The van der Waals surface area contributed by atoms with Crippen LogP contribution in [-0.2, 0) is 0 Å². The van der Waals surface area contributed by atoms with Crippen molar-refractivity contribution in [3.8, 4) is 10.8 Å². The van der Waals surface area contributed by atoms with Gasteiger partial charge in [-0.25, -0.2) is 0 Å². The average molecular weight is 279 g/mol. The average Bonchev–Trinajstić information content (AvgIpc) is 3.00. The molecular weight excluding hydrogens is 262 g/mol. The molecule has 2 N–H and O–H groups in total. The molecule has 0 amide bonds. The molecule has 1 atom stereocenters. The molecular formula is C12H17N5OS. The number of nitrogens with two attached hydrogens (primary N) is 1. The zero-order chi connectivity index (χ0) is 13.4. The standard InChI is InChI=1S/C12H17N5OS/c1-16-4-5-17(2)9(7-16)11-14-12(18-15-11)10-8(13)3-6-19-10/h3,6,9H,4-5,7,13H2,1-2H3. The number of nitrogens with zero attached hydrogens (tertiary/aromatic N) is 4. The van der Waals surface area contributed by atoms with E-state index in [4.69, 9.17) is 10.3 Å². The van der Waals surface area contributed by atoms with Crippen LogP contribution >= 0.6 is 11.3 Å². The Balaban J connectivity index is 1.87. The number of nitrogen functional groups attached to an aromatic ring is 1. The lowest BCUT2D eigenvalue weighted by molar-refractivity contribution is 0.108. The Morgan fingerprint density at radius 2 is 2.26 bits per heavy atom. The van der Waals surface area contributed by atoms with E-state index in [2.05, 4.69) is 34.0 Å². The molecule has 3 rings (SSSR count). The van der Waals surface area contributed by atoms with Gasteiger partial charge in [-0.15, -0.1) is 11.3 Å². The first-order valence-corrected chi connectivity index (χ1v) is 7.09. The van der Waals surface area contributed by atoms with E-state index in [9.17, 15) is 0 Å². The normalized spacial score (nSPS) is 21.9. The van der Waals surface area contributed by atoms with E-state index in [1.165, 1.54) is 11.3 Å². The quantitative estimate of drug-likeness (QED) is 0.893. The molecule has 1 aliphatic rings. The van der Waals surface area contributed by atoms with Gasteiger partial charge in [0.25, 0.3) is 5.89 Å². The van der Waals surface area contributed by atoms with Crippen molar-refractivity contribution >= 4 is 17.0 Å². The highest BCUT2D eigenvalue weighted by Crippen LogP contribution is 2.31. The maximum Gasteiger partial charge on any atom is 0.270 e. The molecule has 0 aromatic carbocycles. The summed E-state index contributed by atoms with van der Waals surface area (Å²) < 4.78 is 5.35. The molecule has 3 heterocycles. The largest absolute Gasteiger partial charge is 0.397 e. The maximum absolute atomic E-state index is 5.87. The van der Waals surface area contributed by atoms with E-state index in [0.717, 1.165) is 30.3 Å². The van der Waals surface area contributed by atoms with Crippen molar-refractivity contribution in [3.05, 3.63) is 17.3 Å². The van der Waals surface area contributed by atoms with Crippen molar-refractivity contribution in [1.82, 2.24) is 19.9 Å². The van der Waals surface area contributed by atoms with Crippen molar-refractivity contribution in [3.63, 3.8) is 0 Å². The number of rotatable bonds is 2. The predicted molar refractivity (Wildman–Crippen MR) is 74.9 cm³/mol. The van der Waals surface area contributed by atoms with Crippen molar-refractivity contribution in [2.24, 2.45) is 0 Å². The lowest BCUT2D eigenvalue weighted by atomic mass is 10.2. The molecule has 1 unspecified atom stereocenters. The second-order valence-electron chi connectivity index (χ2n) is 4.92. The van der Waals surface area contributed by atoms with Crippen LogP contribution < -0.4 is 5.73 Å². The molecule has 2 aromatic rings. The van der Waals surface area contributed by atoms with Gasteiger partial charge in [0.15, 0.2) is 5.82 Å². The first-order chi connectivity index (χ1) is 9.15. The third kappa shape index (κ3) is 2.36. The smallest absolute Gasteiger partial charge is 0.270 e. The molecule has 7 heteroatoms. The zero-order valence-corrected chi connectivity index (χ0v) is 11.9. The van der Waals surface area contributed by atoms with E-state index in [1.807, 2.05) is 11.4 Å². The molecule has 6 nitrogen and oxygen atoms in total. The van der Waals surface area contributed by atoms with Crippen LogP contribution in [0.3, 0.4) is 0 Å². The second-order valence-corrected chi connectivity index (χ2v) is 5.84. The third-order valence-electron chi connectivity index (χ3n) is 3.48. The Hall–Kier alpha value is -1.44. The lowest BCUT2D eigenvalue weighted by Gasteiger charge is -2.35. The summed E-state index contributed by atoms with van der Waals surface area (Å²) in [5, 5.41) is 6.04. The Labute approximate surface area is 115 Å². The van der Waals surface area contributed by atoms with Crippen LogP contribution in [0, 0.1) is 0 Å². The van der Waals surface area contributed by atoms with Crippen LogP contribution in [0.2, 0.25) is 0 Å². The summed E-state index contributed by atoms with van der Waals surface area (Å²) in [4.78, 5) is 9.89. The molecule has 19 heavy (non-hydrogen) atoms. The van der Waals surface area contributed by atoms with E-state index in [0.29, 0.717) is 11.6 Å². The van der Waals surface area contributed by atoms with Gasteiger partial charge in [-0.05, 0) is 25.5 Å².